The summed E-state index contributed by atoms with van der Waals surface area (Å²) in [5, 5.41) is 0. The first-order valence-electron chi connectivity index (χ1n) is 4.15. The van der Waals surface area contributed by atoms with Gasteiger partial charge in [0.15, 0.2) is 0 Å². The summed E-state index contributed by atoms with van der Waals surface area (Å²) >= 11 is 0. The molecule has 0 saturated heterocycles. The van der Waals surface area contributed by atoms with Crippen molar-refractivity contribution in [2.24, 2.45) is 5.73 Å². The van der Waals surface area contributed by atoms with Gasteiger partial charge in [-0.05, 0) is 18.2 Å². The smallest absolute Gasteiger partial charge is 0.298 e. The number of hydrogen-bond donors (Lipinski definition) is 3. The Bertz CT molecular complexity index is 449. The topological polar surface area (TPSA) is 116 Å². The van der Waals surface area contributed by atoms with Gasteiger partial charge >= 0.3 is 0 Å². The van der Waals surface area contributed by atoms with E-state index in [4.69, 9.17) is 20.8 Å². The van der Waals surface area contributed by atoms with Crippen LogP contribution in [0.15, 0.2) is 23.1 Å². The highest BCUT2D eigenvalue weighted by molar-refractivity contribution is 7.86. The van der Waals surface area contributed by atoms with E-state index in [0.717, 1.165) is 6.07 Å². The second-order valence-corrected chi connectivity index (χ2v) is 4.21. The number of benzene rings is 1. The highest BCUT2D eigenvalue weighted by Crippen LogP contribution is 2.25. The van der Waals surface area contributed by atoms with Gasteiger partial charge in [-0.15, -0.1) is 12.4 Å². The van der Waals surface area contributed by atoms with Crippen molar-refractivity contribution in [2.45, 2.75) is 4.90 Å². The van der Waals surface area contributed by atoms with Crippen LogP contribution in [-0.4, -0.2) is 26.1 Å². The summed E-state index contributed by atoms with van der Waals surface area (Å²) in [4.78, 5) is -0.351. The maximum atomic E-state index is 11.0. The van der Waals surface area contributed by atoms with E-state index >= 15 is 0 Å². The zero-order chi connectivity index (χ0) is 11.5. The van der Waals surface area contributed by atoms with E-state index in [1.54, 1.807) is 0 Å². The van der Waals surface area contributed by atoms with E-state index in [1.165, 1.54) is 12.1 Å². The molecule has 6 nitrogen and oxygen atoms in total. The quantitative estimate of drug-likeness (QED) is 0.533. The molecule has 8 heteroatoms. The molecule has 0 radical (unpaired) electrons. The van der Waals surface area contributed by atoms with E-state index in [-0.39, 0.29) is 41.9 Å². The predicted molar refractivity (Wildman–Crippen MR) is 62.5 cm³/mol. The molecule has 0 saturated carbocycles. The SMILES string of the molecule is Cl.NCCOc1ccc(N)cc1S(=O)(=O)O. The number of anilines is 1. The minimum atomic E-state index is -4.33. The van der Waals surface area contributed by atoms with Crippen molar-refractivity contribution in [2.75, 3.05) is 18.9 Å². The molecule has 92 valence electrons. The monoisotopic (exact) mass is 268 g/mol. The average molecular weight is 269 g/mol. The number of ether oxygens (including phenoxy) is 1. The number of halogens is 1. The molecule has 0 spiro atoms. The van der Waals surface area contributed by atoms with Gasteiger partial charge in [0.05, 0.1) is 0 Å². The summed E-state index contributed by atoms with van der Waals surface area (Å²) < 4.78 is 35.9. The first-order valence-corrected chi connectivity index (χ1v) is 5.59. The van der Waals surface area contributed by atoms with Gasteiger partial charge < -0.3 is 16.2 Å². The van der Waals surface area contributed by atoms with Crippen LogP contribution in [0.2, 0.25) is 0 Å². The minimum Gasteiger partial charge on any atom is -0.491 e. The van der Waals surface area contributed by atoms with Crippen LogP contribution < -0.4 is 16.2 Å². The normalized spacial score (nSPS) is 10.6. The maximum Gasteiger partial charge on any atom is 0.298 e. The predicted octanol–water partition coefficient (Wildman–Crippen LogP) is 0.275. The summed E-state index contributed by atoms with van der Waals surface area (Å²) in [7, 11) is -4.33. The van der Waals surface area contributed by atoms with Crippen LogP contribution in [0.4, 0.5) is 5.69 Å². The standard InChI is InChI=1S/C8H12N2O4S.ClH/c9-3-4-14-7-2-1-6(10)5-8(7)15(11,12)13;/h1-2,5H,3-4,9-10H2,(H,11,12,13);1H. The van der Waals surface area contributed by atoms with Gasteiger partial charge in [0, 0.05) is 12.2 Å². The van der Waals surface area contributed by atoms with E-state index in [9.17, 15) is 8.42 Å². The Labute approximate surface area is 99.7 Å². The van der Waals surface area contributed by atoms with E-state index in [1.807, 2.05) is 0 Å². The fourth-order valence-corrected chi connectivity index (χ4v) is 1.68. The van der Waals surface area contributed by atoms with Crippen LogP contribution in [0.1, 0.15) is 0 Å². The van der Waals surface area contributed by atoms with Gasteiger partial charge in [-0.1, -0.05) is 0 Å². The molecule has 1 aromatic carbocycles. The van der Waals surface area contributed by atoms with Crippen molar-refractivity contribution in [1.82, 2.24) is 0 Å². The van der Waals surface area contributed by atoms with Crippen molar-refractivity contribution in [3.63, 3.8) is 0 Å². The molecule has 0 amide bonds. The number of nitrogens with two attached hydrogens (primary N) is 2. The minimum absolute atomic E-state index is 0. The molecule has 0 aliphatic heterocycles. The van der Waals surface area contributed by atoms with E-state index < -0.39 is 10.1 Å². The Morgan fingerprint density at radius 1 is 1.38 bits per heavy atom. The molecule has 0 aliphatic carbocycles. The fraction of sp³-hybridized carbons (Fsp3) is 0.250. The lowest BCUT2D eigenvalue weighted by Crippen LogP contribution is -2.12. The molecule has 1 rings (SSSR count). The van der Waals surface area contributed by atoms with Crippen molar-refractivity contribution < 1.29 is 17.7 Å². The van der Waals surface area contributed by atoms with Crippen LogP contribution in [-0.2, 0) is 10.1 Å². The van der Waals surface area contributed by atoms with Crippen molar-refractivity contribution in [3.8, 4) is 5.75 Å². The molecule has 0 heterocycles. The Morgan fingerprint density at radius 3 is 2.50 bits per heavy atom. The van der Waals surface area contributed by atoms with Crippen LogP contribution in [0.25, 0.3) is 0 Å². The van der Waals surface area contributed by atoms with Crippen LogP contribution in [0, 0.1) is 0 Å². The second-order valence-electron chi connectivity index (χ2n) is 2.82. The molecular formula is C8H13ClN2O4S. The van der Waals surface area contributed by atoms with Crippen LogP contribution in [0.5, 0.6) is 5.75 Å². The van der Waals surface area contributed by atoms with Gasteiger partial charge in [0.2, 0.25) is 0 Å². The van der Waals surface area contributed by atoms with Crippen molar-refractivity contribution >= 4 is 28.2 Å². The summed E-state index contributed by atoms with van der Waals surface area (Å²) in [6.45, 7) is 0.404. The number of nitrogen functional groups attached to an aromatic ring is 1. The summed E-state index contributed by atoms with van der Waals surface area (Å²) in [6.07, 6.45) is 0. The summed E-state index contributed by atoms with van der Waals surface area (Å²) in [5.74, 6) is 0.0390. The van der Waals surface area contributed by atoms with Gasteiger partial charge in [0.1, 0.15) is 17.3 Å². The first-order chi connectivity index (χ1) is 6.95. The molecule has 0 aromatic heterocycles. The highest BCUT2D eigenvalue weighted by atomic mass is 35.5. The van der Waals surface area contributed by atoms with E-state index in [2.05, 4.69) is 0 Å². The Kier molecular flexibility index (Phi) is 5.52. The van der Waals surface area contributed by atoms with Crippen LogP contribution >= 0.6 is 12.4 Å². The molecule has 0 bridgehead atoms. The van der Waals surface area contributed by atoms with Gasteiger partial charge in [0.25, 0.3) is 10.1 Å². The zero-order valence-electron chi connectivity index (χ0n) is 8.29. The lowest BCUT2D eigenvalue weighted by atomic mass is 10.3. The molecule has 0 unspecified atom stereocenters. The molecule has 0 atom stereocenters. The Balaban J connectivity index is 0.00000225. The van der Waals surface area contributed by atoms with Gasteiger partial charge in [-0.25, -0.2) is 0 Å². The maximum absolute atomic E-state index is 11.0. The van der Waals surface area contributed by atoms with Crippen molar-refractivity contribution in [3.05, 3.63) is 18.2 Å². The lowest BCUT2D eigenvalue weighted by Gasteiger charge is -2.09. The third kappa shape index (κ3) is 3.86. The highest BCUT2D eigenvalue weighted by Gasteiger charge is 2.16. The molecular weight excluding hydrogens is 256 g/mol. The summed E-state index contributed by atoms with van der Waals surface area (Å²) in [6, 6.07) is 3.97. The third-order valence-corrected chi connectivity index (χ3v) is 2.50. The Morgan fingerprint density at radius 2 is 2.00 bits per heavy atom. The molecule has 0 fully saturated rings. The largest absolute Gasteiger partial charge is 0.491 e. The third-order valence-electron chi connectivity index (χ3n) is 1.62. The fourth-order valence-electron chi connectivity index (χ4n) is 1.01. The van der Waals surface area contributed by atoms with E-state index in [0.29, 0.717) is 0 Å². The lowest BCUT2D eigenvalue weighted by molar-refractivity contribution is 0.318. The first kappa shape index (κ1) is 15.0. The zero-order valence-corrected chi connectivity index (χ0v) is 9.92. The molecule has 5 N–H and O–H groups in total. The van der Waals surface area contributed by atoms with Crippen molar-refractivity contribution in [1.29, 1.82) is 0 Å². The number of hydrogen-bond acceptors (Lipinski definition) is 5. The number of rotatable bonds is 4. The molecule has 16 heavy (non-hydrogen) atoms. The molecule has 1 aromatic rings. The molecule has 0 aliphatic rings. The second kappa shape index (κ2) is 5.90. The summed E-state index contributed by atoms with van der Waals surface area (Å²) in [5.41, 5.74) is 10.8. The van der Waals surface area contributed by atoms with Crippen LogP contribution in [0.3, 0.4) is 0 Å². The Hall–Kier alpha value is -1.02. The van der Waals surface area contributed by atoms with Gasteiger partial charge in [-0.2, -0.15) is 8.42 Å². The van der Waals surface area contributed by atoms with Gasteiger partial charge in [-0.3, -0.25) is 4.55 Å². The average Bonchev–Trinajstić information content (AvgIpc) is 2.14.